The number of hydrogen-bond acceptors (Lipinski definition) is 5. The molecule has 1 N–H and O–H groups in total. The van der Waals surface area contributed by atoms with Gasteiger partial charge in [-0.25, -0.2) is 12.8 Å². The molecule has 35 heavy (non-hydrogen) atoms. The summed E-state index contributed by atoms with van der Waals surface area (Å²) in [4.78, 5) is 13.3. The van der Waals surface area contributed by atoms with Crippen LogP contribution in [0.1, 0.15) is 40.5 Å². The lowest BCUT2D eigenvalue weighted by molar-refractivity contribution is 0.0730. The van der Waals surface area contributed by atoms with Gasteiger partial charge in [0.1, 0.15) is 11.5 Å². The highest BCUT2D eigenvalue weighted by atomic mass is 35.5. The Morgan fingerprint density at radius 1 is 1.14 bits per heavy atom. The average Bonchev–Trinajstić information content (AvgIpc) is 3.62. The summed E-state index contributed by atoms with van der Waals surface area (Å²) in [6.07, 6.45) is 1.98. The van der Waals surface area contributed by atoms with Crippen LogP contribution in [-0.4, -0.2) is 54.7 Å². The first kappa shape index (κ1) is 23.9. The van der Waals surface area contributed by atoms with Crippen LogP contribution in [0.2, 0.25) is 5.02 Å². The zero-order valence-corrected chi connectivity index (χ0v) is 20.4. The first-order valence-corrected chi connectivity index (χ1v) is 13.1. The number of carbonyl (C=O) groups excluding carboxylic acids is 1. The highest BCUT2D eigenvalue weighted by molar-refractivity contribution is 7.89. The molecule has 0 radical (unpaired) electrons. The normalized spacial score (nSPS) is 16.9. The van der Waals surface area contributed by atoms with Crippen LogP contribution in [0, 0.1) is 5.82 Å². The maximum absolute atomic E-state index is 14.3. The molecule has 5 rings (SSSR count). The Kier molecular flexibility index (Phi) is 6.63. The van der Waals surface area contributed by atoms with Crippen molar-refractivity contribution in [3.8, 4) is 0 Å². The van der Waals surface area contributed by atoms with E-state index < -0.39 is 15.9 Å². The summed E-state index contributed by atoms with van der Waals surface area (Å²) >= 11 is 6.30. The SMILES string of the molecule is O=C(Nc1cc(S(=O)(=O)N2CCOCC2)ccc1Cl)c1cc(C2CC2)nn1Cc1ccccc1F. The second kappa shape index (κ2) is 9.69. The molecule has 0 atom stereocenters. The van der Waals surface area contributed by atoms with Gasteiger partial charge in [0.05, 0.1) is 41.1 Å². The number of benzene rings is 2. The molecule has 11 heteroatoms. The second-order valence-electron chi connectivity index (χ2n) is 8.59. The minimum Gasteiger partial charge on any atom is -0.379 e. The molecule has 184 valence electrons. The number of nitrogens with one attached hydrogen (secondary N) is 1. The average molecular weight is 519 g/mol. The molecule has 8 nitrogen and oxygen atoms in total. The number of amides is 1. The lowest BCUT2D eigenvalue weighted by atomic mass is 10.2. The van der Waals surface area contributed by atoms with Gasteiger partial charge < -0.3 is 10.1 Å². The van der Waals surface area contributed by atoms with Crippen LogP contribution in [0.4, 0.5) is 10.1 Å². The third-order valence-electron chi connectivity index (χ3n) is 6.10. The summed E-state index contributed by atoms with van der Waals surface area (Å²) in [5, 5.41) is 7.47. The number of morpholine rings is 1. The van der Waals surface area contributed by atoms with Crippen molar-refractivity contribution in [3.05, 3.63) is 76.3 Å². The Morgan fingerprint density at radius 3 is 2.60 bits per heavy atom. The second-order valence-corrected chi connectivity index (χ2v) is 10.9. The molecule has 1 aliphatic heterocycles. The number of hydrogen-bond donors (Lipinski definition) is 1. The highest BCUT2D eigenvalue weighted by Crippen LogP contribution is 2.39. The number of halogens is 2. The van der Waals surface area contributed by atoms with Gasteiger partial charge in [-0.1, -0.05) is 29.8 Å². The molecular weight excluding hydrogens is 495 g/mol. The van der Waals surface area contributed by atoms with Crippen LogP contribution in [0.5, 0.6) is 0 Å². The largest absolute Gasteiger partial charge is 0.379 e. The number of ether oxygens (including phenoxy) is 1. The van der Waals surface area contributed by atoms with E-state index in [4.69, 9.17) is 16.3 Å². The topological polar surface area (TPSA) is 93.5 Å². The van der Waals surface area contributed by atoms with Gasteiger partial charge in [-0.3, -0.25) is 9.48 Å². The third-order valence-corrected chi connectivity index (χ3v) is 8.32. The molecular formula is C24H24ClFN4O4S. The maximum atomic E-state index is 14.3. The Labute approximate surface area is 207 Å². The van der Waals surface area contributed by atoms with Gasteiger partial charge >= 0.3 is 0 Å². The lowest BCUT2D eigenvalue weighted by Crippen LogP contribution is -2.40. The predicted octanol–water partition coefficient (Wildman–Crippen LogP) is 3.87. The number of nitrogens with zero attached hydrogens (tertiary/aromatic N) is 3. The zero-order chi connectivity index (χ0) is 24.6. The van der Waals surface area contributed by atoms with Crippen LogP contribution < -0.4 is 5.32 Å². The minimum atomic E-state index is -3.77. The van der Waals surface area contributed by atoms with Crippen molar-refractivity contribution in [2.45, 2.75) is 30.2 Å². The van der Waals surface area contributed by atoms with Crippen LogP contribution in [0.3, 0.4) is 0 Å². The van der Waals surface area contributed by atoms with Crippen LogP contribution in [-0.2, 0) is 21.3 Å². The monoisotopic (exact) mass is 518 g/mol. The van der Waals surface area contributed by atoms with E-state index in [1.54, 1.807) is 24.3 Å². The van der Waals surface area contributed by atoms with E-state index in [2.05, 4.69) is 10.4 Å². The van der Waals surface area contributed by atoms with Crippen LogP contribution >= 0.6 is 11.6 Å². The van der Waals surface area contributed by atoms with E-state index in [0.29, 0.717) is 18.8 Å². The molecule has 1 saturated carbocycles. The fourth-order valence-electron chi connectivity index (χ4n) is 3.99. The number of sulfonamides is 1. The molecule has 2 aliphatic rings. The summed E-state index contributed by atoms with van der Waals surface area (Å²) in [6.45, 7) is 1.25. The van der Waals surface area contributed by atoms with Gasteiger partial charge in [-0.2, -0.15) is 9.40 Å². The van der Waals surface area contributed by atoms with Crippen molar-refractivity contribution >= 4 is 33.2 Å². The molecule has 2 aromatic carbocycles. The Hall–Kier alpha value is -2.79. The summed E-state index contributed by atoms with van der Waals surface area (Å²) in [6, 6.07) is 12.2. The quantitative estimate of drug-likeness (QED) is 0.512. The first-order chi connectivity index (χ1) is 16.8. The molecule has 0 spiro atoms. The fourth-order valence-corrected chi connectivity index (χ4v) is 5.59. The van der Waals surface area contributed by atoms with Crippen LogP contribution in [0.15, 0.2) is 53.4 Å². The summed E-state index contributed by atoms with van der Waals surface area (Å²) in [7, 11) is -3.77. The van der Waals surface area contributed by atoms with Gasteiger partial charge in [-0.05, 0) is 43.2 Å². The van der Waals surface area contributed by atoms with E-state index in [1.807, 2.05) is 0 Å². The number of carbonyl (C=O) groups is 1. The molecule has 3 aromatic rings. The van der Waals surface area contributed by atoms with Crippen molar-refractivity contribution in [2.75, 3.05) is 31.6 Å². The van der Waals surface area contributed by atoms with Gasteiger partial charge in [0.2, 0.25) is 10.0 Å². The van der Waals surface area contributed by atoms with Crippen molar-refractivity contribution in [1.82, 2.24) is 14.1 Å². The third kappa shape index (κ3) is 5.11. The van der Waals surface area contributed by atoms with Gasteiger partial charge in [0.25, 0.3) is 5.91 Å². The molecule has 1 aliphatic carbocycles. The standard InChI is InChI=1S/C24H24ClFN4O4S/c25-19-8-7-18(35(32,33)29-9-11-34-12-10-29)13-22(19)27-24(31)23-14-21(16-5-6-16)28-30(23)15-17-3-1-2-4-20(17)26/h1-4,7-8,13-14,16H,5-6,9-12,15H2,(H,27,31). The molecule has 1 saturated heterocycles. The summed E-state index contributed by atoms with van der Waals surface area (Å²) in [5.41, 5.74) is 1.59. The predicted molar refractivity (Wildman–Crippen MR) is 129 cm³/mol. The number of anilines is 1. The van der Waals surface area contributed by atoms with Gasteiger partial charge in [0, 0.05) is 24.6 Å². The summed E-state index contributed by atoms with van der Waals surface area (Å²) in [5.74, 6) is -0.607. The van der Waals surface area contributed by atoms with E-state index in [0.717, 1.165) is 18.5 Å². The smallest absolute Gasteiger partial charge is 0.273 e. The Morgan fingerprint density at radius 2 is 1.89 bits per heavy atom. The molecule has 0 bridgehead atoms. The number of aromatic nitrogens is 2. The fraction of sp³-hybridized carbons (Fsp3) is 0.333. The zero-order valence-electron chi connectivity index (χ0n) is 18.8. The van der Waals surface area contributed by atoms with Gasteiger partial charge in [-0.15, -0.1) is 0 Å². The van der Waals surface area contributed by atoms with E-state index in [9.17, 15) is 17.6 Å². The lowest BCUT2D eigenvalue weighted by Gasteiger charge is -2.26. The van der Waals surface area contributed by atoms with E-state index in [-0.39, 0.29) is 52.7 Å². The van der Waals surface area contributed by atoms with Gasteiger partial charge in [0.15, 0.2) is 0 Å². The molecule has 2 heterocycles. The Balaban J connectivity index is 1.43. The number of rotatable bonds is 7. The van der Waals surface area contributed by atoms with E-state index >= 15 is 0 Å². The maximum Gasteiger partial charge on any atom is 0.273 e. The molecule has 1 amide bonds. The van der Waals surface area contributed by atoms with E-state index in [1.165, 1.54) is 33.3 Å². The van der Waals surface area contributed by atoms with Crippen molar-refractivity contribution in [2.24, 2.45) is 0 Å². The van der Waals surface area contributed by atoms with Crippen molar-refractivity contribution < 1.29 is 22.3 Å². The van der Waals surface area contributed by atoms with Crippen LogP contribution in [0.25, 0.3) is 0 Å². The minimum absolute atomic E-state index is 0.0256. The van der Waals surface area contributed by atoms with Crippen molar-refractivity contribution in [1.29, 1.82) is 0 Å². The summed E-state index contributed by atoms with van der Waals surface area (Å²) < 4.78 is 48.4. The molecule has 2 fully saturated rings. The van der Waals surface area contributed by atoms with Crippen molar-refractivity contribution in [3.63, 3.8) is 0 Å². The first-order valence-electron chi connectivity index (χ1n) is 11.3. The Bertz CT molecular complexity index is 1370. The molecule has 0 unspecified atom stereocenters. The highest BCUT2D eigenvalue weighted by Gasteiger charge is 2.30. The molecule has 1 aromatic heterocycles.